The van der Waals surface area contributed by atoms with Gasteiger partial charge in [0, 0.05) is 11.1 Å². The summed E-state index contributed by atoms with van der Waals surface area (Å²) in [5.41, 5.74) is 7.04. The Hall–Kier alpha value is -0.530. The van der Waals surface area contributed by atoms with Crippen molar-refractivity contribution in [2.75, 3.05) is 0 Å². The van der Waals surface area contributed by atoms with Gasteiger partial charge in [-0.25, -0.2) is 0 Å². The molecule has 1 atom stereocenters. The highest BCUT2D eigenvalue weighted by Crippen LogP contribution is 2.18. The van der Waals surface area contributed by atoms with Crippen molar-refractivity contribution in [3.63, 3.8) is 0 Å². The zero-order valence-corrected chi connectivity index (χ0v) is 8.01. The minimum atomic E-state index is 0.133. The van der Waals surface area contributed by atoms with Crippen molar-refractivity contribution >= 4 is 11.6 Å². The summed E-state index contributed by atoms with van der Waals surface area (Å²) in [4.78, 5) is 0. The highest BCUT2D eigenvalue weighted by Gasteiger charge is 2.03. The summed E-state index contributed by atoms with van der Waals surface area (Å²) in [5, 5.41) is 0.763. The first-order valence-electron chi connectivity index (χ1n) is 4.25. The second-order valence-corrected chi connectivity index (χ2v) is 3.39. The Bertz CT molecular complexity index is 247. The van der Waals surface area contributed by atoms with Gasteiger partial charge in [0.1, 0.15) is 0 Å². The average molecular weight is 184 g/mol. The molecule has 1 aromatic carbocycles. The van der Waals surface area contributed by atoms with Crippen LogP contribution in [0, 0.1) is 0 Å². The maximum atomic E-state index is 5.92. The van der Waals surface area contributed by atoms with Gasteiger partial charge in [0.05, 0.1) is 0 Å². The van der Waals surface area contributed by atoms with E-state index in [0.717, 1.165) is 23.4 Å². The molecule has 2 N–H and O–H groups in total. The minimum absolute atomic E-state index is 0.133. The molecule has 66 valence electrons. The lowest BCUT2D eigenvalue weighted by atomic mass is 10.0. The standard InChI is InChI=1S/C10H14ClN/c1-2-4-10(12)8-5-3-6-9(11)7-8/h3,5-7,10H,2,4,12H2,1H3/t10-/m1/s1. The normalized spacial score (nSPS) is 12.9. The summed E-state index contributed by atoms with van der Waals surface area (Å²) in [5.74, 6) is 0. The van der Waals surface area contributed by atoms with Gasteiger partial charge in [-0.2, -0.15) is 0 Å². The zero-order valence-electron chi connectivity index (χ0n) is 7.26. The molecule has 2 heteroatoms. The van der Waals surface area contributed by atoms with E-state index < -0.39 is 0 Å². The summed E-state index contributed by atoms with van der Waals surface area (Å²) in [7, 11) is 0. The minimum Gasteiger partial charge on any atom is -0.324 e. The van der Waals surface area contributed by atoms with E-state index in [1.165, 1.54) is 0 Å². The molecular weight excluding hydrogens is 170 g/mol. The van der Waals surface area contributed by atoms with E-state index in [2.05, 4.69) is 6.92 Å². The Morgan fingerprint density at radius 2 is 2.25 bits per heavy atom. The lowest BCUT2D eigenvalue weighted by Crippen LogP contribution is -2.09. The van der Waals surface area contributed by atoms with Gasteiger partial charge in [0.15, 0.2) is 0 Å². The summed E-state index contributed by atoms with van der Waals surface area (Å²) in [6.45, 7) is 2.13. The van der Waals surface area contributed by atoms with Crippen molar-refractivity contribution in [1.82, 2.24) is 0 Å². The van der Waals surface area contributed by atoms with Crippen molar-refractivity contribution < 1.29 is 0 Å². The van der Waals surface area contributed by atoms with Crippen LogP contribution in [0.4, 0.5) is 0 Å². The maximum Gasteiger partial charge on any atom is 0.0409 e. The van der Waals surface area contributed by atoms with E-state index >= 15 is 0 Å². The lowest BCUT2D eigenvalue weighted by molar-refractivity contribution is 0.638. The van der Waals surface area contributed by atoms with Crippen molar-refractivity contribution in [3.8, 4) is 0 Å². The molecular formula is C10H14ClN. The van der Waals surface area contributed by atoms with Crippen LogP contribution >= 0.6 is 11.6 Å². The van der Waals surface area contributed by atoms with Crippen molar-refractivity contribution in [3.05, 3.63) is 34.9 Å². The quantitative estimate of drug-likeness (QED) is 0.766. The fourth-order valence-corrected chi connectivity index (χ4v) is 1.41. The van der Waals surface area contributed by atoms with E-state index in [1.807, 2.05) is 24.3 Å². The molecule has 12 heavy (non-hydrogen) atoms. The molecule has 0 amide bonds. The predicted octanol–water partition coefficient (Wildman–Crippen LogP) is 3.14. The molecule has 0 radical (unpaired) electrons. The van der Waals surface area contributed by atoms with Crippen LogP contribution in [0.1, 0.15) is 31.4 Å². The van der Waals surface area contributed by atoms with Gasteiger partial charge in [-0.15, -0.1) is 0 Å². The molecule has 0 saturated carbocycles. The summed E-state index contributed by atoms with van der Waals surface area (Å²) < 4.78 is 0. The van der Waals surface area contributed by atoms with Gasteiger partial charge in [-0.05, 0) is 24.1 Å². The van der Waals surface area contributed by atoms with Gasteiger partial charge >= 0.3 is 0 Å². The Balaban J connectivity index is 2.73. The molecule has 0 aliphatic rings. The van der Waals surface area contributed by atoms with Gasteiger partial charge in [-0.3, -0.25) is 0 Å². The molecule has 0 bridgehead atoms. The molecule has 0 aliphatic carbocycles. The third-order valence-corrected chi connectivity index (χ3v) is 2.11. The highest BCUT2D eigenvalue weighted by molar-refractivity contribution is 6.30. The third kappa shape index (κ3) is 2.50. The van der Waals surface area contributed by atoms with Crippen LogP contribution in [0.25, 0.3) is 0 Å². The fourth-order valence-electron chi connectivity index (χ4n) is 1.21. The predicted molar refractivity (Wildman–Crippen MR) is 53.3 cm³/mol. The topological polar surface area (TPSA) is 26.0 Å². The van der Waals surface area contributed by atoms with Crippen LogP contribution in [0.15, 0.2) is 24.3 Å². The first-order chi connectivity index (χ1) is 5.74. The number of halogens is 1. The first kappa shape index (κ1) is 9.56. The Labute approximate surface area is 78.5 Å². The second kappa shape index (κ2) is 4.48. The average Bonchev–Trinajstić information content (AvgIpc) is 2.05. The second-order valence-electron chi connectivity index (χ2n) is 2.95. The number of rotatable bonds is 3. The molecule has 0 unspecified atom stereocenters. The van der Waals surface area contributed by atoms with Gasteiger partial charge in [0.2, 0.25) is 0 Å². The molecule has 0 aliphatic heterocycles. The maximum absolute atomic E-state index is 5.92. The van der Waals surface area contributed by atoms with Crippen LogP contribution < -0.4 is 5.73 Å². The molecule has 0 aromatic heterocycles. The molecule has 0 spiro atoms. The number of hydrogen-bond acceptors (Lipinski definition) is 1. The smallest absolute Gasteiger partial charge is 0.0409 e. The van der Waals surface area contributed by atoms with E-state index in [9.17, 15) is 0 Å². The van der Waals surface area contributed by atoms with Gasteiger partial charge in [0.25, 0.3) is 0 Å². The Morgan fingerprint density at radius 3 is 2.83 bits per heavy atom. The third-order valence-electron chi connectivity index (χ3n) is 1.88. The first-order valence-corrected chi connectivity index (χ1v) is 4.63. The van der Waals surface area contributed by atoms with Crippen LogP contribution in [0.3, 0.4) is 0 Å². The Kier molecular flexibility index (Phi) is 3.57. The molecule has 1 nitrogen and oxygen atoms in total. The molecule has 0 heterocycles. The Morgan fingerprint density at radius 1 is 1.50 bits per heavy atom. The number of hydrogen-bond donors (Lipinski definition) is 1. The lowest BCUT2D eigenvalue weighted by Gasteiger charge is -2.10. The highest BCUT2D eigenvalue weighted by atomic mass is 35.5. The van der Waals surface area contributed by atoms with Gasteiger partial charge < -0.3 is 5.73 Å². The van der Waals surface area contributed by atoms with Crippen molar-refractivity contribution in [2.45, 2.75) is 25.8 Å². The summed E-state index contributed by atoms with van der Waals surface area (Å²) in [6.07, 6.45) is 2.12. The van der Waals surface area contributed by atoms with Crippen LogP contribution in [-0.2, 0) is 0 Å². The molecule has 1 aromatic rings. The molecule has 0 fully saturated rings. The largest absolute Gasteiger partial charge is 0.324 e. The fraction of sp³-hybridized carbons (Fsp3) is 0.400. The van der Waals surface area contributed by atoms with Crippen LogP contribution in [-0.4, -0.2) is 0 Å². The molecule has 0 saturated heterocycles. The number of benzene rings is 1. The van der Waals surface area contributed by atoms with Crippen molar-refractivity contribution in [2.24, 2.45) is 5.73 Å². The van der Waals surface area contributed by atoms with E-state index in [0.29, 0.717) is 0 Å². The zero-order chi connectivity index (χ0) is 8.97. The van der Waals surface area contributed by atoms with Crippen LogP contribution in [0.5, 0.6) is 0 Å². The van der Waals surface area contributed by atoms with Crippen molar-refractivity contribution in [1.29, 1.82) is 0 Å². The van der Waals surface area contributed by atoms with E-state index in [-0.39, 0.29) is 6.04 Å². The molecule has 1 rings (SSSR count). The van der Waals surface area contributed by atoms with E-state index in [4.69, 9.17) is 17.3 Å². The monoisotopic (exact) mass is 183 g/mol. The summed E-state index contributed by atoms with van der Waals surface area (Å²) >= 11 is 5.83. The van der Waals surface area contributed by atoms with Gasteiger partial charge in [-0.1, -0.05) is 37.1 Å². The number of nitrogens with two attached hydrogens (primary N) is 1. The van der Waals surface area contributed by atoms with E-state index in [1.54, 1.807) is 0 Å². The van der Waals surface area contributed by atoms with Crippen LogP contribution in [0.2, 0.25) is 5.02 Å². The summed E-state index contributed by atoms with van der Waals surface area (Å²) in [6, 6.07) is 7.89. The SMILES string of the molecule is CCC[C@@H](N)c1cccc(Cl)c1.